The van der Waals surface area contributed by atoms with E-state index in [9.17, 15) is 9.59 Å². The molecule has 1 N–H and O–H groups in total. The summed E-state index contributed by atoms with van der Waals surface area (Å²) in [7, 11) is 1.71. The summed E-state index contributed by atoms with van der Waals surface area (Å²) in [4.78, 5) is 33.4. The first-order valence-corrected chi connectivity index (χ1v) is 11.4. The molecule has 0 radical (unpaired) electrons. The first kappa shape index (κ1) is 18.8. The van der Waals surface area contributed by atoms with Crippen LogP contribution in [0.5, 0.6) is 11.5 Å². The van der Waals surface area contributed by atoms with Gasteiger partial charge in [0.15, 0.2) is 11.5 Å². The molecular weight excluding hydrogens is 418 g/mol. The van der Waals surface area contributed by atoms with Gasteiger partial charge in [-0.15, -0.1) is 0 Å². The van der Waals surface area contributed by atoms with E-state index in [1.54, 1.807) is 11.9 Å². The van der Waals surface area contributed by atoms with Crippen LogP contribution >= 0.6 is 0 Å². The third-order valence-corrected chi connectivity index (χ3v) is 7.53. The molecule has 7 rings (SSSR count). The Kier molecular flexibility index (Phi) is 3.78. The van der Waals surface area contributed by atoms with E-state index in [4.69, 9.17) is 9.47 Å². The van der Waals surface area contributed by atoms with Crippen molar-refractivity contribution in [1.82, 2.24) is 14.8 Å². The second kappa shape index (κ2) is 6.63. The van der Waals surface area contributed by atoms with E-state index in [-0.39, 0.29) is 31.2 Å². The summed E-state index contributed by atoms with van der Waals surface area (Å²) in [6.45, 7) is 0.286. The number of ether oxygens (including phenoxy) is 2. The Hall–Kier alpha value is -3.74. The van der Waals surface area contributed by atoms with E-state index in [0.717, 1.165) is 35.2 Å². The van der Waals surface area contributed by atoms with E-state index >= 15 is 0 Å². The Morgan fingerprint density at radius 2 is 1.82 bits per heavy atom. The summed E-state index contributed by atoms with van der Waals surface area (Å²) < 4.78 is 11.3. The molecule has 2 amide bonds. The minimum Gasteiger partial charge on any atom is -0.454 e. The lowest BCUT2D eigenvalue weighted by Gasteiger charge is -2.47. The average molecular weight is 441 g/mol. The Balaban J connectivity index is 1.44. The third kappa shape index (κ3) is 2.56. The second-order valence-corrected chi connectivity index (χ2v) is 9.28. The quantitative estimate of drug-likeness (QED) is 0.630. The van der Waals surface area contributed by atoms with Gasteiger partial charge < -0.3 is 24.3 Å². The molecule has 0 spiro atoms. The number of likely N-dealkylation sites (N-methyl/N-ethyl adjacent to an activating group) is 1. The van der Waals surface area contributed by atoms with Gasteiger partial charge in [-0.25, -0.2) is 0 Å². The van der Waals surface area contributed by atoms with Gasteiger partial charge in [-0.05, 0) is 47.2 Å². The Labute approximate surface area is 190 Å². The molecule has 4 aliphatic rings. The van der Waals surface area contributed by atoms with Crippen LogP contribution in [0.25, 0.3) is 11.3 Å². The fraction of sp³-hybridized carbons (Fsp3) is 0.308. The summed E-state index contributed by atoms with van der Waals surface area (Å²) in [5.74, 6) is 1.35. The molecule has 1 fully saturated rings. The lowest BCUT2D eigenvalue weighted by molar-refractivity contribution is -0.157. The van der Waals surface area contributed by atoms with Gasteiger partial charge in [0.2, 0.25) is 18.6 Å². The van der Waals surface area contributed by atoms with Gasteiger partial charge in [-0.1, -0.05) is 24.3 Å². The molecule has 1 saturated heterocycles. The molecule has 1 aromatic heterocycles. The van der Waals surface area contributed by atoms with Crippen molar-refractivity contribution >= 4 is 11.8 Å². The predicted molar refractivity (Wildman–Crippen MR) is 120 cm³/mol. The van der Waals surface area contributed by atoms with Gasteiger partial charge in [0.1, 0.15) is 6.04 Å². The van der Waals surface area contributed by atoms with Crippen LogP contribution in [0.15, 0.2) is 42.6 Å². The molecule has 2 unspecified atom stereocenters. The molecule has 0 bridgehead atoms. The summed E-state index contributed by atoms with van der Waals surface area (Å²) in [6, 6.07) is 11.6. The smallest absolute Gasteiger partial charge is 0.245 e. The highest BCUT2D eigenvalue weighted by Crippen LogP contribution is 2.48. The van der Waals surface area contributed by atoms with Crippen molar-refractivity contribution in [3.05, 3.63) is 70.4 Å². The van der Waals surface area contributed by atoms with Crippen LogP contribution in [-0.2, 0) is 28.9 Å². The van der Waals surface area contributed by atoms with Crippen molar-refractivity contribution in [3.8, 4) is 22.8 Å². The zero-order chi connectivity index (χ0) is 22.3. The highest BCUT2D eigenvalue weighted by atomic mass is 16.7. The van der Waals surface area contributed by atoms with Crippen LogP contribution < -0.4 is 9.47 Å². The van der Waals surface area contributed by atoms with E-state index in [0.29, 0.717) is 17.9 Å². The monoisotopic (exact) mass is 441 g/mol. The number of hydrogen-bond acceptors (Lipinski definition) is 4. The van der Waals surface area contributed by atoms with Gasteiger partial charge in [0.05, 0.1) is 12.6 Å². The number of carbonyl (C=O) groups excluding carboxylic acids is 2. The highest BCUT2D eigenvalue weighted by Gasteiger charge is 2.47. The first-order chi connectivity index (χ1) is 16.1. The van der Waals surface area contributed by atoms with Crippen LogP contribution in [0, 0.1) is 0 Å². The highest BCUT2D eigenvalue weighted by molar-refractivity contribution is 5.96. The minimum absolute atomic E-state index is 0.0161. The molecule has 0 saturated carbocycles. The van der Waals surface area contributed by atoms with Crippen molar-refractivity contribution in [2.45, 2.75) is 31.3 Å². The minimum atomic E-state index is -0.518. The molecule has 2 aromatic carbocycles. The molecule has 7 heteroatoms. The molecular formula is C26H23N3O4. The van der Waals surface area contributed by atoms with Gasteiger partial charge in [0.25, 0.3) is 0 Å². The summed E-state index contributed by atoms with van der Waals surface area (Å²) in [5.41, 5.74) is 8.00. The maximum absolute atomic E-state index is 13.4. The molecule has 3 aromatic rings. The van der Waals surface area contributed by atoms with Crippen LogP contribution in [0.4, 0.5) is 0 Å². The number of aryl methyl sites for hydroxylation is 1. The fourth-order valence-electron chi connectivity index (χ4n) is 5.99. The largest absolute Gasteiger partial charge is 0.454 e. The molecule has 4 heterocycles. The van der Waals surface area contributed by atoms with Crippen molar-refractivity contribution in [2.24, 2.45) is 0 Å². The third-order valence-electron chi connectivity index (χ3n) is 7.53. The maximum atomic E-state index is 13.4. The van der Waals surface area contributed by atoms with Gasteiger partial charge in [0, 0.05) is 36.5 Å². The molecule has 3 aliphatic heterocycles. The standard InChI is InChI=1S/C26H23N3O4/c1-28-12-23(30)29-20(26(28)31)8-15-9-21-22(33-13-32-21)10-18(15)25(29)19-11-27-24-16-5-3-2-4-14(16)6-7-17(19)24/h2-5,9-11,20,25,27H,6-8,12-13H2,1H3. The van der Waals surface area contributed by atoms with Crippen molar-refractivity contribution in [1.29, 1.82) is 0 Å². The Morgan fingerprint density at radius 3 is 2.70 bits per heavy atom. The molecule has 7 nitrogen and oxygen atoms in total. The number of rotatable bonds is 1. The summed E-state index contributed by atoms with van der Waals surface area (Å²) in [5, 5.41) is 0. The number of nitrogens with zero attached hydrogens (tertiary/aromatic N) is 2. The van der Waals surface area contributed by atoms with Gasteiger partial charge in [-0.3, -0.25) is 9.59 Å². The SMILES string of the molecule is CN1CC(=O)N2C(Cc3cc4c(cc3C2c2c[nH]c3c2CCc2ccccc2-3)OCO4)C1=O. The Morgan fingerprint density at radius 1 is 1.00 bits per heavy atom. The number of aromatic amines is 1. The normalized spacial score (nSPS) is 22.6. The number of hydrogen-bond donors (Lipinski definition) is 1. The summed E-state index contributed by atoms with van der Waals surface area (Å²) >= 11 is 0. The lowest BCUT2D eigenvalue weighted by atomic mass is 9.80. The fourth-order valence-corrected chi connectivity index (χ4v) is 5.99. The van der Waals surface area contributed by atoms with Crippen molar-refractivity contribution in [3.63, 3.8) is 0 Å². The van der Waals surface area contributed by atoms with E-state index < -0.39 is 6.04 Å². The van der Waals surface area contributed by atoms with E-state index in [1.165, 1.54) is 16.7 Å². The zero-order valence-electron chi connectivity index (χ0n) is 18.3. The summed E-state index contributed by atoms with van der Waals surface area (Å²) in [6.07, 6.45) is 4.35. The van der Waals surface area contributed by atoms with E-state index in [2.05, 4.69) is 29.2 Å². The molecule has 33 heavy (non-hydrogen) atoms. The number of nitrogens with one attached hydrogen (secondary N) is 1. The number of aromatic nitrogens is 1. The molecule has 1 aliphatic carbocycles. The second-order valence-electron chi connectivity index (χ2n) is 9.28. The number of H-pyrrole nitrogens is 1. The number of fused-ring (bicyclic) bond motifs is 6. The van der Waals surface area contributed by atoms with Crippen LogP contribution in [0.2, 0.25) is 0 Å². The molecule has 2 atom stereocenters. The number of piperazine rings is 1. The number of benzene rings is 2. The number of amides is 2. The number of carbonyl (C=O) groups is 2. The zero-order valence-corrected chi connectivity index (χ0v) is 18.3. The van der Waals surface area contributed by atoms with Crippen LogP contribution in [0.1, 0.15) is 33.9 Å². The van der Waals surface area contributed by atoms with Crippen LogP contribution in [0.3, 0.4) is 0 Å². The van der Waals surface area contributed by atoms with Crippen molar-refractivity contribution < 1.29 is 19.1 Å². The molecule has 166 valence electrons. The van der Waals surface area contributed by atoms with E-state index in [1.807, 2.05) is 23.2 Å². The predicted octanol–water partition coefficient (Wildman–Crippen LogP) is 2.82. The average Bonchev–Trinajstić information content (AvgIpc) is 3.46. The topological polar surface area (TPSA) is 74.9 Å². The first-order valence-electron chi connectivity index (χ1n) is 11.4. The van der Waals surface area contributed by atoms with Crippen LogP contribution in [-0.4, -0.2) is 53.0 Å². The van der Waals surface area contributed by atoms with Gasteiger partial charge >= 0.3 is 0 Å². The van der Waals surface area contributed by atoms with Crippen molar-refractivity contribution in [2.75, 3.05) is 20.4 Å². The Bertz CT molecular complexity index is 1340. The maximum Gasteiger partial charge on any atom is 0.245 e. The van der Waals surface area contributed by atoms with Gasteiger partial charge in [-0.2, -0.15) is 0 Å². The lowest BCUT2D eigenvalue weighted by Crippen LogP contribution is -2.62.